The summed E-state index contributed by atoms with van der Waals surface area (Å²) in [5.41, 5.74) is 2.50. The normalized spacial score (nSPS) is 19.0. The molecule has 16 heavy (non-hydrogen) atoms. The second-order valence-corrected chi connectivity index (χ2v) is 4.70. The van der Waals surface area contributed by atoms with Gasteiger partial charge in [-0.25, -0.2) is 0 Å². The number of hydrogen-bond acceptors (Lipinski definition) is 3. The molecule has 1 heterocycles. The summed E-state index contributed by atoms with van der Waals surface area (Å²) < 4.78 is 5.83. The Kier molecular flexibility index (Phi) is 3.61. The van der Waals surface area contributed by atoms with E-state index in [4.69, 9.17) is 4.74 Å². The molecule has 1 aromatic rings. The summed E-state index contributed by atoms with van der Waals surface area (Å²) in [7, 11) is 1.42. The van der Waals surface area contributed by atoms with Gasteiger partial charge in [0.15, 0.2) is 0 Å². The predicted molar refractivity (Wildman–Crippen MR) is 65.2 cm³/mol. The number of esters is 1. The lowest BCUT2D eigenvalue weighted by Crippen LogP contribution is -2.31. The fourth-order valence-electron chi connectivity index (χ4n) is 2.08. The summed E-state index contributed by atoms with van der Waals surface area (Å²) in [5.74, 6) is -0.176. The summed E-state index contributed by atoms with van der Waals surface area (Å²) in [4.78, 5) is 11.3. The number of carbonyl (C=O) groups is 1. The number of nitrogens with one attached hydrogen (secondary N) is 1. The molecule has 0 aliphatic carbocycles. The Morgan fingerprint density at radius 3 is 3.19 bits per heavy atom. The average Bonchev–Trinajstić information content (AvgIpc) is 2.30. The zero-order chi connectivity index (χ0) is 11.5. The van der Waals surface area contributed by atoms with Crippen LogP contribution in [-0.2, 0) is 16.0 Å². The summed E-state index contributed by atoms with van der Waals surface area (Å²) in [5, 5.41) is 3.35. The van der Waals surface area contributed by atoms with Crippen molar-refractivity contribution in [1.29, 1.82) is 0 Å². The highest BCUT2D eigenvalue weighted by Crippen LogP contribution is 2.30. The van der Waals surface area contributed by atoms with Crippen LogP contribution < -0.4 is 5.32 Å². The fraction of sp³-hybridized carbons (Fsp3) is 0.417. The Morgan fingerprint density at radius 2 is 2.44 bits per heavy atom. The monoisotopic (exact) mass is 283 g/mol. The van der Waals surface area contributed by atoms with Crippen molar-refractivity contribution in [2.75, 3.05) is 13.7 Å². The van der Waals surface area contributed by atoms with Crippen LogP contribution in [0.1, 0.15) is 23.6 Å². The highest BCUT2D eigenvalue weighted by Gasteiger charge is 2.23. The van der Waals surface area contributed by atoms with Crippen LogP contribution in [0.25, 0.3) is 0 Å². The molecule has 1 atom stereocenters. The molecule has 2 rings (SSSR count). The second kappa shape index (κ2) is 4.97. The Morgan fingerprint density at radius 1 is 1.62 bits per heavy atom. The lowest BCUT2D eigenvalue weighted by atomic mass is 9.92. The van der Waals surface area contributed by atoms with E-state index in [-0.39, 0.29) is 12.0 Å². The topological polar surface area (TPSA) is 38.3 Å². The first-order chi connectivity index (χ1) is 7.72. The van der Waals surface area contributed by atoms with Gasteiger partial charge in [0.05, 0.1) is 13.5 Å². The summed E-state index contributed by atoms with van der Waals surface area (Å²) in [6.07, 6.45) is 1.38. The summed E-state index contributed by atoms with van der Waals surface area (Å²) in [6.45, 7) is 0.900. The van der Waals surface area contributed by atoms with Crippen LogP contribution in [0.4, 0.5) is 0 Å². The molecular weight excluding hydrogens is 270 g/mol. The van der Waals surface area contributed by atoms with Crippen molar-refractivity contribution in [3.05, 3.63) is 33.8 Å². The van der Waals surface area contributed by atoms with Crippen molar-refractivity contribution in [2.45, 2.75) is 18.9 Å². The van der Waals surface area contributed by atoms with Gasteiger partial charge in [-0.2, -0.15) is 0 Å². The van der Waals surface area contributed by atoms with Crippen LogP contribution in [0.3, 0.4) is 0 Å². The average molecular weight is 284 g/mol. The number of ether oxygens (including phenoxy) is 1. The van der Waals surface area contributed by atoms with Crippen molar-refractivity contribution in [1.82, 2.24) is 5.32 Å². The van der Waals surface area contributed by atoms with Crippen LogP contribution in [0.5, 0.6) is 0 Å². The van der Waals surface area contributed by atoms with E-state index in [1.807, 2.05) is 12.1 Å². The maximum absolute atomic E-state index is 11.3. The number of fused-ring (bicyclic) bond motifs is 1. The molecule has 1 aliphatic rings. The van der Waals surface area contributed by atoms with E-state index >= 15 is 0 Å². The van der Waals surface area contributed by atoms with Crippen molar-refractivity contribution >= 4 is 21.9 Å². The highest BCUT2D eigenvalue weighted by molar-refractivity contribution is 9.10. The Bertz CT molecular complexity index is 406. The van der Waals surface area contributed by atoms with E-state index in [1.54, 1.807) is 0 Å². The lowest BCUT2D eigenvalue weighted by molar-refractivity contribution is -0.141. The maximum Gasteiger partial charge on any atom is 0.307 e. The molecule has 86 valence electrons. The minimum Gasteiger partial charge on any atom is -0.469 e. The highest BCUT2D eigenvalue weighted by atomic mass is 79.9. The first-order valence-corrected chi connectivity index (χ1v) is 6.09. The minimum atomic E-state index is -0.176. The van der Waals surface area contributed by atoms with E-state index in [9.17, 15) is 4.79 Å². The van der Waals surface area contributed by atoms with Crippen molar-refractivity contribution < 1.29 is 9.53 Å². The predicted octanol–water partition coefficient (Wildman–Crippen LogP) is 2.20. The molecule has 1 aromatic carbocycles. The standard InChI is InChI=1S/C12H14BrNO2/c1-16-12(15)7-11-9-3-2-4-10(13)8(9)5-6-14-11/h2-4,11,14H,5-7H2,1H3. The van der Waals surface area contributed by atoms with Gasteiger partial charge in [-0.1, -0.05) is 28.1 Å². The largest absolute Gasteiger partial charge is 0.469 e. The molecule has 0 aromatic heterocycles. The van der Waals surface area contributed by atoms with E-state index in [0.29, 0.717) is 6.42 Å². The van der Waals surface area contributed by atoms with Crippen molar-refractivity contribution in [3.8, 4) is 0 Å². The lowest BCUT2D eigenvalue weighted by Gasteiger charge is -2.26. The van der Waals surface area contributed by atoms with Gasteiger partial charge in [-0.05, 0) is 30.2 Å². The molecule has 4 heteroatoms. The molecule has 1 N–H and O–H groups in total. The zero-order valence-electron chi connectivity index (χ0n) is 9.13. The molecule has 0 saturated carbocycles. The molecule has 0 radical (unpaired) electrons. The quantitative estimate of drug-likeness (QED) is 0.846. The molecule has 0 amide bonds. The third-order valence-corrected chi connectivity index (χ3v) is 3.64. The minimum absolute atomic E-state index is 0.0775. The fourth-order valence-corrected chi connectivity index (χ4v) is 2.66. The van der Waals surface area contributed by atoms with Crippen LogP contribution >= 0.6 is 15.9 Å². The van der Waals surface area contributed by atoms with E-state index < -0.39 is 0 Å². The molecule has 1 unspecified atom stereocenters. The number of carbonyl (C=O) groups excluding carboxylic acids is 1. The second-order valence-electron chi connectivity index (χ2n) is 3.84. The molecule has 0 bridgehead atoms. The number of methoxy groups -OCH3 is 1. The van der Waals surface area contributed by atoms with Crippen LogP contribution in [-0.4, -0.2) is 19.6 Å². The molecular formula is C12H14BrNO2. The molecule has 0 spiro atoms. The van der Waals surface area contributed by atoms with Crippen LogP contribution in [0, 0.1) is 0 Å². The van der Waals surface area contributed by atoms with Gasteiger partial charge in [0, 0.05) is 10.5 Å². The van der Waals surface area contributed by atoms with Gasteiger partial charge < -0.3 is 10.1 Å². The SMILES string of the molecule is COC(=O)CC1NCCc2c(Br)cccc21. The summed E-state index contributed by atoms with van der Waals surface area (Å²) in [6, 6.07) is 6.19. The Balaban J connectivity index is 2.26. The molecule has 0 fully saturated rings. The summed E-state index contributed by atoms with van der Waals surface area (Å²) >= 11 is 3.55. The van der Waals surface area contributed by atoms with E-state index in [0.717, 1.165) is 17.4 Å². The first-order valence-electron chi connectivity index (χ1n) is 5.30. The van der Waals surface area contributed by atoms with Crippen molar-refractivity contribution in [3.63, 3.8) is 0 Å². The van der Waals surface area contributed by atoms with Gasteiger partial charge in [-0.3, -0.25) is 4.79 Å². The third kappa shape index (κ3) is 2.28. The molecule has 0 saturated heterocycles. The maximum atomic E-state index is 11.3. The van der Waals surface area contributed by atoms with Crippen LogP contribution in [0.15, 0.2) is 22.7 Å². The smallest absolute Gasteiger partial charge is 0.307 e. The van der Waals surface area contributed by atoms with Crippen LogP contribution in [0.2, 0.25) is 0 Å². The zero-order valence-corrected chi connectivity index (χ0v) is 10.7. The van der Waals surface area contributed by atoms with Gasteiger partial charge >= 0.3 is 5.97 Å². The first kappa shape index (κ1) is 11.6. The number of benzene rings is 1. The Hall–Kier alpha value is -0.870. The molecule has 3 nitrogen and oxygen atoms in total. The van der Waals surface area contributed by atoms with Gasteiger partial charge in [0.2, 0.25) is 0 Å². The number of halogens is 1. The van der Waals surface area contributed by atoms with E-state index in [1.165, 1.54) is 18.2 Å². The number of rotatable bonds is 2. The molecule has 1 aliphatic heterocycles. The Labute approximate surface area is 103 Å². The number of hydrogen-bond donors (Lipinski definition) is 1. The van der Waals surface area contributed by atoms with Crippen molar-refractivity contribution in [2.24, 2.45) is 0 Å². The van der Waals surface area contributed by atoms with Gasteiger partial charge in [-0.15, -0.1) is 0 Å². The van der Waals surface area contributed by atoms with E-state index in [2.05, 4.69) is 27.3 Å². The third-order valence-electron chi connectivity index (χ3n) is 2.89. The van der Waals surface area contributed by atoms with Gasteiger partial charge in [0.1, 0.15) is 0 Å². The van der Waals surface area contributed by atoms with Gasteiger partial charge in [0.25, 0.3) is 0 Å².